The highest BCUT2D eigenvalue weighted by atomic mass is 19.1. The second kappa shape index (κ2) is 6.82. The van der Waals surface area contributed by atoms with E-state index in [1.54, 1.807) is 19.1 Å². The number of nitrogens with zero attached hydrogens (tertiary/aromatic N) is 2. The molecule has 0 saturated heterocycles. The van der Waals surface area contributed by atoms with E-state index in [1.807, 2.05) is 0 Å². The molecule has 1 aromatic carbocycles. The predicted octanol–water partition coefficient (Wildman–Crippen LogP) is 1.47. The number of rotatable bonds is 3. The van der Waals surface area contributed by atoms with Gasteiger partial charge in [0, 0.05) is 18.2 Å². The number of hydrogen-bond acceptors (Lipinski definition) is 3. The highest BCUT2D eigenvalue weighted by Crippen LogP contribution is 2.10. The van der Waals surface area contributed by atoms with Crippen LogP contribution in [0, 0.1) is 24.6 Å². The smallest absolute Gasteiger partial charge is 0.253 e. The van der Waals surface area contributed by atoms with Gasteiger partial charge >= 0.3 is 0 Å². The van der Waals surface area contributed by atoms with Crippen LogP contribution in [0.3, 0.4) is 0 Å². The van der Waals surface area contributed by atoms with Crippen molar-refractivity contribution in [1.29, 1.82) is 0 Å². The number of halogens is 1. The van der Waals surface area contributed by atoms with Gasteiger partial charge < -0.3 is 5.11 Å². The average molecular weight is 286 g/mol. The Bertz CT molecular complexity index is 757. The molecule has 1 aromatic heterocycles. The summed E-state index contributed by atoms with van der Waals surface area (Å²) in [7, 11) is 0. The molecule has 108 valence electrons. The summed E-state index contributed by atoms with van der Waals surface area (Å²) in [5, 5.41) is 8.67. The number of benzene rings is 1. The van der Waals surface area contributed by atoms with Gasteiger partial charge in [0.1, 0.15) is 5.82 Å². The quantitative estimate of drug-likeness (QED) is 0.869. The zero-order valence-electron chi connectivity index (χ0n) is 11.6. The standard InChI is InChI=1S/C16H15FN2O2/c1-12-8-16(21)19(11-18-12)10-13-5-6-15(17)14(9-13)4-2-3-7-20/h5-6,8-9,11,20H,3,7,10H2,1H3. The van der Waals surface area contributed by atoms with Crippen molar-refractivity contribution in [2.75, 3.05) is 6.61 Å². The summed E-state index contributed by atoms with van der Waals surface area (Å²) in [5.74, 6) is 4.94. The molecule has 0 amide bonds. The fourth-order valence-electron chi connectivity index (χ4n) is 1.81. The van der Waals surface area contributed by atoms with Gasteiger partial charge in [-0.2, -0.15) is 0 Å². The van der Waals surface area contributed by atoms with Crippen LogP contribution in [-0.2, 0) is 6.54 Å². The van der Waals surface area contributed by atoms with E-state index in [4.69, 9.17) is 5.11 Å². The van der Waals surface area contributed by atoms with E-state index in [-0.39, 0.29) is 17.7 Å². The lowest BCUT2D eigenvalue weighted by atomic mass is 10.1. The van der Waals surface area contributed by atoms with Gasteiger partial charge in [0.05, 0.1) is 25.0 Å². The summed E-state index contributed by atoms with van der Waals surface area (Å²) in [4.78, 5) is 15.9. The van der Waals surface area contributed by atoms with E-state index >= 15 is 0 Å². The van der Waals surface area contributed by atoms with Gasteiger partial charge in [0.15, 0.2) is 0 Å². The topological polar surface area (TPSA) is 55.1 Å². The van der Waals surface area contributed by atoms with Crippen LogP contribution in [0.25, 0.3) is 0 Å². The number of aromatic nitrogens is 2. The van der Waals surface area contributed by atoms with Crippen LogP contribution in [0.4, 0.5) is 4.39 Å². The Morgan fingerprint density at radius 2 is 2.19 bits per heavy atom. The van der Waals surface area contributed by atoms with Gasteiger partial charge in [0.25, 0.3) is 5.56 Å². The van der Waals surface area contributed by atoms with Crippen molar-refractivity contribution in [2.45, 2.75) is 19.9 Å². The first-order chi connectivity index (χ1) is 10.1. The van der Waals surface area contributed by atoms with E-state index in [2.05, 4.69) is 16.8 Å². The van der Waals surface area contributed by atoms with Gasteiger partial charge in [-0.1, -0.05) is 17.9 Å². The summed E-state index contributed by atoms with van der Waals surface area (Å²) >= 11 is 0. The largest absolute Gasteiger partial charge is 0.395 e. The molecule has 0 aliphatic heterocycles. The molecule has 0 unspecified atom stereocenters. The molecule has 1 heterocycles. The van der Waals surface area contributed by atoms with Crippen LogP contribution in [-0.4, -0.2) is 21.3 Å². The number of aryl methyl sites for hydroxylation is 1. The normalized spacial score (nSPS) is 10.0. The van der Waals surface area contributed by atoms with Crippen LogP contribution < -0.4 is 5.56 Å². The Labute approximate surface area is 121 Å². The molecule has 1 N–H and O–H groups in total. The molecule has 0 spiro atoms. The fourth-order valence-corrected chi connectivity index (χ4v) is 1.81. The lowest BCUT2D eigenvalue weighted by Crippen LogP contribution is -2.20. The van der Waals surface area contributed by atoms with E-state index < -0.39 is 5.82 Å². The molecule has 2 aromatic rings. The number of aliphatic hydroxyl groups excluding tert-OH is 1. The Kier molecular flexibility index (Phi) is 4.85. The SMILES string of the molecule is Cc1cc(=O)n(Cc2ccc(F)c(C#CCCO)c2)cn1. The van der Waals surface area contributed by atoms with Gasteiger partial charge in [-0.3, -0.25) is 9.36 Å². The first-order valence-corrected chi connectivity index (χ1v) is 6.51. The van der Waals surface area contributed by atoms with Gasteiger partial charge in [-0.05, 0) is 24.6 Å². The van der Waals surface area contributed by atoms with Crippen LogP contribution in [0.1, 0.15) is 23.2 Å². The molecular formula is C16H15FN2O2. The molecule has 0 radical (unpaired) electrons. The monoisotopic (exact) mass is 286 g/mol. The Balaban J connectivity index is 2.27. The molecular weight excluding hydrogens is 271 g/mol. The minimum atomic E-state index is -0.418. The van der Waals surface area contributed by atoms with E-state index in [0.29, 0.717) is 18.7 Å². The van der Waals surface area contributed by atoms with E-state index in [1.165, 1.54) is 23.0 Å². The maximum atomic E-state index is 13.6. The Morgan fingerprint density at radius 1 is 1.38 bits per heavy atom. The molecule has 0 aliphatic carbocycles. The first-order valence-electron chi connectivity index (χ1n) is 6.51. The van der Waals surface area contributed by atoms with Crippen LogP contribution in [0.15, 0.2) is 35.4 Å². The molecule has 0 aliphatic rings. The van der Waals surface area contributed by atoms with Crippen LogP contribution in [0.5, 0.6) is 0 Å². The highest BCUT2D eigenvalue weighted by Gasteiger charge is 2.03. The van der Waals surface area contributed by atoms with Crippen molar-refractivity contribution in [3.63, 3.8) is 0 Å². The molecule has 2 rings (SSSR count). The predicted molar refractivity (Wildman–Crippen MR) is 77.3 cm³/mol. The third kappa shape index (κ3) is 4.01. The van der Waals surface area contributed by atoms with E-state index in [0.717, 1.165) is 5.56 Å². The minimum absolute atomic E-state index is 0.0568. The molecule has 21 heavy (non-hydrogen) atoms. The molecule has 5 heteroatoms. The molecule has 4 nitrogen and oxygen atoms in total. The van der Waals surface area contributed by atoms with Crippen LogP contribution in [0.2, 0.25) is 0 Å². The Hall–Kier alpha value is -2.45. The van der Waals surface area contributed by atoms with Crippen molar-refractivity contribution >= 4 is 0 Å². The third-order valence-electron chi connectivity index (χ3n) is 2.86. The molecule has 0 bridgehead atoms. The molecule has 0 saturated carbocycles. The maximum absolute atomic E-state index is 13.6. The second-order valence-corrected chi connectivity index (χ2v) is 4.59. The van der Waals surface area contributed by atoms with Gasteiger partial charge in [-0.15, -0.1) is 0 Å². The van der Waals surface area contributed by atoms with Crippen LogP contribution >= 0.6 is 0 Å². The minimum Gasteiger partial charge on any atom is -0.395 e. The number of hydrogen-bond donors (Lipinski definition) is 1. The van der Waals surface area contributed by atoms with Crippen molar-refractivity contribution in [1.82, 2.24) is 9.55 Å². The fraction of sp³-hybridized carbons (Fsp3) is 0.250. The van der Waals surface area contributed by atoms with Crippen molar-refractivity contribution in [2.24, 2.45) is 0 Å². The van der Waals surface area contributed by atoms with Gasteiger partial charge in [0.2, 0.25) is 0 Å². The van der Waals surface area contributed by atoms with Crippen molar-refractivity contribution < 1.29 is 9.50 Å². The van der Waals surface area contributed by atoms with E-state index in [9.17, 15) is 9.18 Å². The zero-order valence-corrected chi connectivity index (χ0v) is 11.6. The molecule has 0 atom stereocenters. The first kappa shape index (κ1) is 14.9. The van der Waals surface area contributed by atoms with Crippen molar-refractivity contribution in [3.05, 3.63) is 63.6 Å². The third-order valence-corrected chi connectivity index (χ3v) is 2.86. The highest BCUT2D eigenvalue weighted by molar-refractivity contribution is 5.38. The van der Waals surface area contributed by atoms with Gasteiger partial charge in [-0.25, -0.2) is 9.37 Å². The summed E-state index contributed by atoms with van der Waals surface area (Å²) < 4.78 is 15.1. The number of aliphatic hydroxyl groups is 1. The lowest BCUT2D eigenvalue weighted by Gasteiger charge is -2.06. The molecule has 0 fully saturated rings. The summed E-state index contributed by atoms with van der Waals surface area (Å²) in [6, 6.07) is 5.99. The summed E-state index contributed by atoms with van der Waals surface area (Å²) in [6.07, 6.45) is 1.77. The lowest BCUT2D eigenvalue weighted by molar-refractivity contribution is 0.305. The second-order valence-electron chi connectivity index (χ2n) is 4.59. The summed E-state index contributed by atoms with van der Waals surface area (Å²) in [5.41, 5.74) is 1.53. The summed E-state index contributed by atoms with van der Waals surface area (Å²) in [6.45, 7) is 2.00. The Morgan fingerprint density at radius 3 is 2.90 bits per heavy atom. The average Bonchev–Trinajstić information content (AvgIpc) is 2.45. The van der Waals surface area contributed by atoms with Crippen molar-refractivity contribution in [3.8, 4) is 11.8 Å². The maximum Gasteiger partial charge on any atom is 0.253 e. The zero-order chi connectivity index (χ0) is 15.2.